The molecular weight excluding hydrogens is 492 g/mol. The Morgan fingerprint density at radius 3 is 2.42 bits per heavy atom. The van der Waals surface area contributed by atoms with E-state index in [1.807, 2.05) is 45.0 Å². The Labute approximate surface area is 223 Å². The van der Waals surface area contributed by atoms with Gasteiger partial charge in [0.1, 0.15) is 17.7 Å². The molecule has 0 spiro atoms. The van der Waals surface area contributed by atoms with Crippen LogP contribution >= 0.6 is 0 Å². The first-order valence-corrected chi connectivity index (χ1v) is 12.7. The lowest BCUT2D eigenvalue weighted by Gasteiger charge is -2.27. The third-order valence-electron chi connectivity index (χ3n) is 5.95. The van der Waals surface area contributed by atoms with Crippen molar-refractivity contribution in [3.05, 3.63) is 35.4 Å². The summed E-state index contributed by atoms with van der Waals surface area (Å²) in [6, 6.07) is 6.94. The zero-order valence-corrected chi connectivity index (χ0v) is 22.4. The number of alkyl carbamates (subject to hydrolysis) is 1. The van der Waals surface area contributed by atoms with Crippen LogP contribution in [0.15, 0.2) is 24.3 Å². The number of nitrogens with one attached hydrogen (secondary N) is 2. The standard InChI is InChI=1S/C21H23N3O5.C6H13NO2/c25-19-8-7-17(20(26)22-19)24-14-18(29-21(24)27)16-5-3-15(4-6-16)2-1-9-23-10-12-28-13-11-23;1-6(2,3)9-5(8)7-4/h3-6,17-18H,7-14H2,(H,22,25,26);1-4H3,(H,7,8). The fourth-order valence-electron chi connectivity index (χ4n) is 4.01. The van der Waals surface area contributed by atoms with Crippen LogP contribution in [0, 0.1) is 11.8 Å². The number of morpholine rings is 1. The minimum absolute atomic E-state index is 0.225. The van der Waals surface area contributed by atoms with E-state index in [0.717, 1.165) is 37.4 Å². The second-order valence-electron chi connectivity index (χ2n) is 10.1. The summed E-state index contributed by atoms with van der Waals surface area (Å²) < 4.78 is 15.6. The van der Waals surface area contributed by atoms with Crippen molar-refractivity contribution in [1.29, 1.82) is 0 Å². The van der Waals surface area contributed by atoms with Crippen molar-refractivity contribution in [2.45, 2.75) is 51.4 Å². The van der Waals surface area contributed by atoms with Crippen LogP contribution in [0.2, 0.25) is 0 Å². The lowest BCUT2D eigenvalue weighted by molar-refractivity contribution is -0.136. The van der Waals surface area contributed by atoms with Crippen molar-refractivity contribution in [2.75, 3.05) is 46.4 Å². The topological polar surface area (TPSA) is 127 Å². The van der Waals surface area contributed by atoms with Crippen molar-refractivity contribution in [3.8, 4) is 11.8 Å². The van der Waals surface area contributed by atoms with Gasteiger partial charge in [0.05, 0.1) is 26.3 Å². The van der Waals surface area contributed by atoms with Gasteiger partial charge in [0.2, 0.25) is 11.8 Å². The van der Waals surface area contributed by atoms with E-state index in [-0.39, 0.29) is 30.6 Å². The number of amides is 4. The molecule has 0 bridgehead atoms. The van der Waals surface area contributed by atoms with E-state index < -0.39 is 24.1 Å². The summed E-state index contributed by atoms with van der Waals surface area (Å²) in [4.78, 5) is 49.7. The lowest BCUT2D eigenvalue weighted by Crippen LogP contribution is -2.52. The normalized spacial score (nSPS) is 21.8. The number of hydrogen-bond donors (Lipinski definition) is 2. The number of nitrogens with zero attached hydrogens (tertiary/aromatic N) is 2. The van der Waals surface area contributed by atoms with E-state index in [0.29, 0.717) is 13.0 Å². The van der Waals surface area contributed by atoms with Crippen LogP contribution in [0.5, 0.6) is 0 Å². The Kier molecular flexibility index (Phi) is 10.1. The summed E-state index contributed by atoms with van der Waals surface area (Å²) in [7, 11) is 1.54. The average Bonchev–Trinajstić information content (AvgIpc) is 3.25. The predicted molar refractivity (Wildman–Crippen MR) is 138 cm³/mol. The molecule has 1 aromatic carbocycles. The molecule has 11 nitrogen and oxygen atoms in total. The first-order chi connectivity index (χ1) is 18.1. The van der Waals surface area contributed by atoms with Crippen molar-refractivity contribution in [1.82, 2.24) is 20.4 Å². The molecule has 0 aromatic heterocycles. The van der Waals surface area contributed by atoms with Gasteiger partial charge < -0.3 is 19.5 Å². The second kappa shape index (κ2) is 13.3. The quantitative estimate of drug-likeness (QED) is 0.449. The molecule has 206 valence electrons. The van der Waals surface area contributed by atoms with Crippen LogP contribution in [-0.4, -0.2) is 91.9 Å². The number of benzene rings is 1. The number of cyclic esters (lactones) is 1. The number of carbonyl (C=O) groups is 4. The van der Waals surface area contributed by atoms with E-state index in [1.165, 1.54) is 11.9 Å². The van der Waals surface area contributed by atoms with Crippen molar-refractivity contribution in [3.63, 3.8) is 0 Å². The minimum atomic E-state index is -0.657. The van der Waals surface area contributed by atoms with Crippen molar-refractivity contribution in [2.24, 2.45) is 0 Å². The average molecular weight is 529 g/mol. The summed E-state index contributed by atoms with van der Waals surface area (Å²) in [5, 5.41) is 4.64. The Balaban J connectivity index is 0.000000383. The van der Waals surface area contributed by atoms with Gasteiger partial charge in [-0.25, -0.2) is 9.59 Å². The number of hydrogen-bond acceptors (Lipinski definition) is 8. The van der Waals surface area contributed by atoms with Gasteiger partial charge in [-0.2, -0.15) is 0 Å². The maximum absolute atomic E-state index is 12.2. The molecule has 4 rings (SSSR count). The minimum Gasteiger partial charge on any atom is -0.444 e. The number of piperidine rings is 1. The molecule has 11 heteroatoms. The highest BCUT2D eigenvalue weighted by atomic mass is 16.6. The number of rotatable bonds is 3. The Morgan fingerprint density at radius 1 is 1.16 bits per heavy atom. The number of carbonyl (C=O) groups excluding carboxylic acids is 4. The molecule has 4 amide bonds. The molecule has 1 aromatic rings. The van der Waals surface area contributed by atoms with Gasteiger partial charge in [0, 0.05) is 32.1 Å². The van der Waals surface area contributed by atoms with E-state index in [2.05, 4.69) is 27.4 Å². The molecule has 38 heavy (non-hydrogen) atoms. The zero-order valence-electron chi connectivity index (χ0n) is 22.4. The molecule has 3 aliphatic rings. The Morgan fingerprint density at radius 2 is 1.84 bits per heavy atom. The van der Waals surface area contributed by atoms with Gasteiger partial charge in [0.15, 0.2) is 0 Å². The highest BCUT2D eigenvalue weighted by molar-refractivity contribution is 6.01. The fourth-order valence-corrected chi connectivity index (χ4v) is 4.01. The summed E-state index contributed by atoms with van der Waals surface area (Å²) in [5.74, 6) is 5.59. The molecule has 3 fully saturated rings. The van der Waals surface area contributed by atoms with Crippen LogP contribution < -0.4 is 10.6 Å². The monoisotopic (exact) mass is 528 g/mol. The van der Waals surface area contributed by atoms with Crippen molar-refractivity contribution >= 4 is 24.0 Å². The van der Waals surface area contributed by atoms with E-state index in [9.17, 15) is 19.2 Å². The lowest BCUT2D eigenvalue weighted by atomic mass is 10.0. The molecule has 2 unspecified atom stereocenters. The molecule has 2 N–H and O–H groups in total. The highest BCUT2D eigenvalue weighted by Gasteiger charge is 2.41. The first kappa shape index (κ1) is 28.9. The summed E-state index contributed by atoms with van der Waals surface area (Å²) in [6.45, 7) is 9.79. The fraction of sp³-hybridized carbons (Fsp3) is 0.556. The van der Waals surface area contributed by atoms with Crippen LogP contribution in [0.4, 0.5) is 9.59 Å². The molecule has 2 atom stereocenters. The molecule has 3 saturated heterocycles. The van der Waals surface area contributed by atoms with Crippen LogP contribution in [0.1, 0.15) is 50.8 Å². The molecule has 0 aliphatic carbocycles. The third-order valence-corrected chi connectivity index (χ3v) is 5.95. The van der Waals surface area contributed by atoms with Crippen LogP contribution in [0.3, 0.4) is 0 Å². The molecule has 0 saturated carbocycles. The molecular formula is C27H36N4O7. The van der Waals surface area contributed by atoms with E-state index in [4.69, 9.17) is 14.2 Å². The van der Waals surface area contributed by atoms with Gasteiger partial charge in [-0.3, -0.25) is 24.7 Å². The third kappa shape index (κ3) is 8.75. The van der Waals surface area contributed by atoms with Crippen LogP contribution in [0.25, 0.3) is 0 Å². The first-order valence-electron chi connectivity index (χ1n) is 12.7. The maximum Gasteiger partial charge on any atom is 0.411 e. The number of imide groups is 1. The van der Waals surface area contributed by atoms with E-state index >= 15 is 0 Å². The van der Waals surface area contributed by atoms with E-state index in [1.54, 1.807) is 0 Å². The van der Waals surface area contributed by atoms with Gasteiger partial charge >= 0.3 is 12.2 Å². The smallest absolute Gasteiger partial charge is 0.411 e. The summed E-state index contributed by atoms with van der Waals surface area (Å²) in [6.07, 6.45) is -0.808. The Bertz CT molecular complexity index is 1070. The summed E-state index contributed by atoms with van der Waals surface area (Å²) >= 11 is 0. The van der Waals surface area contributed by atoms with Gasteiger partial charge in [-0.05, 0) is 44.9 Å². The molecule has 0 radical (unpaired) electrons. The largest absolute Gasteiger partial charge is 0.444 e. The summed E-state index contributed by atoms with van der Waals surface area (Å²) in [5.41, 5.74) is 1.36. The van der Waals surface area contributed by atoms with Gasteiger partial charge in [-0.15, -0.1) is 0 Å². The zero-order chi connectivity index (χ0) is 27.7. The second-order valence-corrected chi connectivity index (χ2v) is 10.1. The van der Waals surface area contributed by atoms with Crippen LogP contribution in [-0.2, 0) is 23.8 Å². The SMILES string of the molecule is CNC(=O)OC(C)(C)C.O=C1CCC(N2CC(c3ccc(C#CCN4CCOCC4)cc3)OC2=O)C(=O)N1. The maximum atomic E-state index is 12.2. The number of ether oxygens (including phenoxy) is 3. The highest BCUT2D eigenvalue weighted by Crippen LogP contribution is 2.29. The van der Waals surface area contributed by atoms with Crippen molar-refractivity contribution < 1.29 is 33.4 Å². The Hall–Kier alpha value is -3.62. The van der Waals surface area contributed by atoms with Gasteiger partial charge in [0.25, 0.3) is 0 Å². The predicted octanol–water partition coefficient (Wildman–Crippen LogP) is 1.81. The van der Waals surface area contributed by atoms with Gasteiger partial charge in [-0.1, -0.05) is 24.0 Å². The molecule has 3 heterocycles. The molecule has 3 aliphatic heterocycles.